The highest BCUT2D eigenvalue weighted by atomic mass is 35.5. The highest BCUT2D eigenvalue weighted by Crippen LogP contribution is 2.25. The van der Waals surface area contributed by atoms with Gasteiger partial charge < -0.3 is 20.6 Å². The predicted molar refractivity (Wildman–Crippen MR) is 108 cm³/mol. The maximum atomic E-state index is 13.1. The number of pyridine rings is 1. The van der Waals surface area contributed by atoms with E-state index >= 15 is 0 Å². The van der Waals surface area contributed by atoms with Gasteiger partial charge >= 0.3 is 6.09 Å². The zero-order chi connectivity index (χ0) is 22.6. The summed E-state index contributed by atoms with van der Waals surface area (Å²) >= 11 is 5.60. The van der Waals surface area contributed by atoms with E-state index in [2.05, 4.69) is 20.7 Å². The van der Waals surface area contributed by atoms with Crippen LogP contribution < -0.4 is 10.6 Å². The number of carbonyl (C=O) groups excluding carboxylic acids is 2. The minimum atomic E-state index is -1.26. The number of likely N-dealkylation sites (tertiary alicyclic amines) is 1. The van der Waals surface area contributed by atoms with Crippen LogP contribution in [0.2, 0.25) is 0 Å². The number of aromatic nitrogens is 3. The minimum absolute atomic E-state index is 0.108. The Balaban J connectivity index is 1.71. The van der Waals surface area contributed by atoms with Gasteiger partial charge in [-0.3, -0.25) is 9.59 Å². The van der Waals surface area contributed by atoms with E-state index in [0.29, 0.717) is 11.4 Å². The number of rotatable bonds is 6. The van der Waals surface area contributed by atoms with Gasteiger partial charge in [0.2, 0.25) is 11.8 Å². The lowest BCUT2D eigenvalue weighted by molar-refractivity contribution is -0.135. The van der Waals surface area contributed by atoms with Crippen molar-refractivity contribution in [3.05, 3.63) is 42.1 Å². The lowest BCUT2D eigenvalue weighted by Gasteiger charge is -2.40. The lowest BCUT2D eigenvalue weighted by Crippen LogP contribution is -2.64. The standard InChI is InChI=1S/C19H22ClFN6O4/c1-12(13-2-3-15(22-9-13)27-11-14(21)10-23-27)24-17(29)19(25-16(28)8-20)4-6-26(7-5-19)18(30)31/h2-3,9-12H,4-8H2,1H3,(H,24,29)(H,25,28)(H,30,31). The summed E-state index contributed by atoms with van der Waals surface area (Å²) in [5.74, 6) is -1.32. The summed E-state index contributed by atoms with van der Waals surface area (Å²) < 4.78 is 14.4. The Labute approximate surface area is 182 Å². The largest absolute Gasteiger partial charge is 0.465 e. The van der Waals surface area contributed by atoms with E-state index in [9.17, 15) is 18.8 Å². The molecule has 31 heavy (non-hydrogen) atoms. The molecule has 166 valence electrons. The second-order valence-electron chi connectivity index (χ2n) is 7.28. The first-order valence-corrected chi connectivity index (χ1v) is 10.1. The highest BCUT2D eigenvalue weighted by Gasteiger charge is 2.43. The SMILES string of the molecule is CC(NC(=O)C1(NC(=O)CCl)CCN(C(=O)O)CC1)c1ccc(-n2cc(F)cn2)nc1. The van der Waals surface area contributed by atoms with E-state index in [-0.39, 0.29) is 31.8 Å². The average molecular weight is 453 g/mol. The maximum absolute atomic E-state index is 13.1. The second kappa shape index (κ2) is 9.29. The van der Waals surface area contributed by atoms with Crippen LogP contribution in [0, 0.1) is 5.82 Å². The number of hydrogen-bond donors (Lipinski definition) is 3. The Hall–Kier alpha value is -3.21. The van der Waals surface area contributed by atoms with Crippen LogP contribution in [-0.2, 0) is 9.59 Å². The van der Waals surface area contributed by atoms with Gasteiger partial charge in [0.05, 0.1) is 18.4 Å². The second-order valence-corrected chi connectivity index (χ2v) is 7.55. The van der Waals surface area contributed by atoms with Gasteiger partial charge in [-0.05, 0) is 31.4 Å². The van der Waals surface area contributed by atoms with Crippen LogP contribution in [0.1, 0.15) is 31.4 Å². The number of halogens is 2. The summed E-state index contributed by atoms with van der Waals surface area (Å²) in [6.45, 7) is 1.97. The van der Waals surface area contributed by atoms with Crippen molar-refractivity contribution in [2.75, 3.05) is 19.0 Å². The molecule has 10 nitrogen and oxygen atoms in total. The molecule has 1 atom stereocenters. The third-order valence-corrected chi connectivity index (χ3v) is 5.47. The summed E-state index contributed by atoms with van der Waals surface area (Å²) in [6, 6.07) is 2.91. The third kappa shape index (κ3) is 5.10. The predicted octanol–water partition coefficient (Wildman–Crippen LogP) is 1.45. The fourth-order valence-electron chi connectivity index (χ4n) is 3.42. The zero-order valence-electron chi connectivity index (χ0n) is 16.7. The van der Waals surface area contributed by atoms with Gasteiger partial charge in [-0.25, -0.2) is 18.9 Å². The van der Waals surface area contributed by atoms with E-state index in [4.69, 9.17) is 16.7 Å². The molecule has 2 aromatic rings. The Kier molecular flexibility index (Phi) is 6.74. The van der Waals surface area contributed by atoms with Crippen LogP contribution in [0.4, 0.5) is 9.18 Å². The highest BCUT2D eigenvalue weighted by molar-refractivity contribution is 6.27. The summed E-state index contributed by atoms with van der Waals surface area (Å²) in [4.78, 5) is 41.7. The van der Waals surface area contributed by atoms with Crippen LogP contribution in [0.3, 0.4) is 0 Å². The molecule has 3 amide bonds. The normalized spacial score (nSPS) is 16.4. The minimum Gasteiger partial charge on any atom is -0.465 e. The monoisotopic (exact) mass is 452 g/mol. The van der Waals surface area contributed by atoms with Crippen molar-refractivity contribution in [2.45, 2.75) is 31.3 Å². The number of alkyl halides is 1. The van der Waals surface area contributed by atoms with Crippen LogP contribution in [0.15, 0.2) is 30.7 Å². The first-order valence-electron chi connectivity index (χ1n) is 9.56. The van der Waals surface area contributed by atoms with Gasteiger partial charge in [0.1, 0.15) is 11.4 Å². The molecule has 0 aromatic carbocycles. The molecule has 3 heterocycles. The summed E-state index contributed by atoms with van der Waals surface area (Å²) in [5.41, 5.74) is -0.571. The molecule has 1 saturated heterocycles. The molecule has 1 fully saturated rings. The van der Waals surface area contributed by atoms with Gasteiger partial charge in [0.15, 0.2) is 11.6 Å². The molecular weight excluding hydrogens is 431 g/mol. The van der Waals surface area contributed by atoms with Crippen molar-refractivity contribution in [1.29, 1.82) is 0 Å². The van der Waals surface area contributed by atoms with E-state index in [1.807, 2.05) is 0 Å². The van der Waals surface area contributed by atoms with Crippen molar-refractivity contribution < 1.29 is 23.9 Å². The molecular formula is C19H22ClFN6O4. The number of carbonyl (C=O) groups is 3. The Morgan fingerprint density at radius 3 is 2.52 bits per heavy atom. The van der Waals surface area contributed by atoms with Crippen molar-refractivity contribution in [3.8, 4) is 5.82 Å². The maximum Gasteiger partial charge on any atom is 0.407 e. The van der Waals surface area contributed by atoms with Gasteiger partial charge in [0, 0.05) is 19.3 Å². The van der Waals surface area contributed by atoms with E-state index in [1.165, 1.54) is 22.0 Å². The molecule has 3 N–H and O–H groups in total. The molecule has 1 unspecified atom stereocenters. The summed E-state index contributed by atoms with van der Waals surface area (Å²) in [6.07, 6.45) is 2.99. The van der Waals surface area contributed by atoms with Gasteiger partial charge in [0.25, 0.3) is 0 Å². The van der Waals surface area contributed by atoms with Crippen LogP contribution >= 0.6 is 11.6 Å². The molecule has 0 saturated carbocycles. The van der Waals surface area contributed by atoms with Crippen molar-refractivity contribution >= 4 is 29.5 Å². The fraction of sp³-hybridized carbons (Fsp3) is 0.421. The van der Waals surface area contributed by atoms with Crippen molar-refractivity contribution in [3.63, 3.8) is 0 Å². The van der Waals surface area contributed by atoms with Crippen LogP contribution in [-0.4, -0.2) is 67.2 Å². The van der Waals surface area contributed by atoms with E-state index in [1.54, 1.807) is 19.1 Å². The first-order chi connectivity index (χ1) is 14.7. The molecule has 2 aromatic heterocycles. The van der Waals surface area contributed by atoms with E-state index in [0.717, 1.165) is 6.20 Å². The molecule has 1 aliphatic heterocycles. The zero-order valence-corrected chi connectivity index (χ0v) is 17.5. The number of nitrogens with zero attached hydrogens (tertiary/aromatic N) is 4. The molecule has 0 spiro atoms. The average Bonchev–Trinajstić information content (AvgIpc) is 3.20. The lowest BCUT2D eigenvalue weighted by atomic mass is 9.86. The molecule has 0 aliphatic carbocycles. The third-order valence-electron chi connectivity index (χ3n) is 5.23. The van der Waals surface area contributed by atoms with Crippen molar-refractivity contribution in [2.24, 2.45) is 0 Å². The van der Waals surface area contributed by atoms with Crippen LogP contribution in [0.25, 0.3) is 5.82 Å². The van der Waals surface area contributed by atoms with Crippen LogP contribution in [0.5, 0.6) is 0 Å². The first kappa shape index (κ1) is 22.5. The number of amides is 3. The fourth-order valence-corrected chi connectivity index (χ4v) is 3.49. The molecule has 3 rings (SSSR count). The van der Waals surface area contributed by atoms with Gasteiger partial charge in [-0.15, -0.1) is 11.6 Å². The summed E-state index contributed by atoms with van der Waals surface area (Å²) in [7, 11) is 0. The van der Waals surface area contributed by atoms with Crippen molar-refractivity contribution in [1.82, 2.24) is 30.3 Å². The molecule has 0 radical (unpaired) electrons. The van der Waals surface area contributed by atoms with Gasteiger partial charge in [-0.2, -0.15) is 5.10 Å². The smallest absolute Gasteiger partial charge is 0.407 e. The van der Waals surface area contributed by atoms with E-state index < -0.39 is 35.3 Å². The molecule has 0 bridgehead atoms. The Morgan fingerprint density at radius 2 is 2.00 bits per heavy atom. The Morgan fingerprint density at radius 1 is 1.29 bits per heavy atom. The molecule has 1 aliphatic rings. The number of hydrogen-bond acceptors (Lipinski definition) is 5. The quantitative estimate of drug-likeness (QED) is 0.569. The molecule has 12 heteroatoms. The Bertz CT molecular complexity index is 959. The topological polar surface area (TPSA) is 129 Å². The number of piperidine rings is 1. The number of carboxylic acid groups (broad SMARTS) is 1. The van der Waals surface area contributed by atoms with Gasteiger partial charge in [-0.1, -0.05) is 6.07 Å². The summed E-state index contributed by atoms with van der Waals surface area (Å²) in [5, 5.41) is 18.5. The number of nitrogens with one attached hydrogen (secondary N) is 2.